The van der Waals surface area contributed by atoms with Crippen molar-refractivity contribution in [2.45, 2.75) is 45.6 Å². The number of ketones is 1. The minimum absolute atomic E-state index is 0.0464. The van der Waals surface area contributed by atoms with Crippen molar-refractivity contribution in [3.05, 3.63) is 35.9 Å². The smallest absolute Gasteiger partial charge is 0.227 e. The molecule has 1 fully saturated rings. The summed E-state index contributed by atoms with van der Waals surface area (Å²) in [4.78, 5) is 26.6. The molecular weight excluding hydrogens is 250 g/mol. The van der Waals surface area contributed by atoms with Crippen LogP contribution in [0.15, 0.2) is 30.3 Å². The summed E-state index contributed by atoms with van der Waals surface area (Å²) >= 11 is 0. The number of benzene rings is 1. The fourth-order valence-electron chi connectivity index (χ4n) is 2.76. The fraction of sp³-hybridized carbons (Fsp3) is 0.529. The fourth-order valence-corrected chi connectivity index (χ4v) is 2.76. The Labute approximate surface area is 121 Å². The van der Waals surface area contributed by atoms with Gasteiger partial charge in [0, 0.05) is 12.5 Å². The second kappa shape index (κ2) is 6.69. The van der Waals surface area contributed by atoms with Crippen LogP contribution in [0, 0.1) is 5.92 Å². The molecule has 0 spiro atoms. The molecule has 3 heteroatoms. The Morgan fingerprint density at radius 2 is 2.00 bits per heavy atom. The van der Waals surface area contributed by atoms with Gasteiger partial charge in [0.25, 0.3) is 0 Å². The van der Waals surface area contributed by atoms with Gasteiger partial charge < -0.3 is 4.90 Å². The van der Waals surface area contributed by atoms with Gasteiger partial charge in [0.2, 0.25) is 5.91 Å². The molecular formula is C17H23NO2. The maximum absolute atomic E-state index is 12.4. The van der Waals surface area contributed by atoms with Crippen molar-refractivity contribution in [2.75, 3.05) is 6.54 Å². The number of amides is 1. The van der Waals surface area contributed by atoms with E-state index >= 15 is 0 Å². The lowest BCUT2D eigenvalue weighted by molar-refractivity contribution is -0.138. The van der Waals surface area contributed by atoms with Crippen molar-refractivity contribution >= 4 is 11.7 Å². The Bertz CT molecular complexity index is 469. The Balaban J connectivity index is 2.03. The predicted molar refractivity (Wildman–Crippen MR) is 79.3 cm³/mol. The summed E-state index contributed by atoms with van der Waals surface area (Å²) in [6.45, 7) is 4.70. The predicted octanol–water partition coefficient (Wildman–Crippen LogP) is 2.84. The summed E-state index contributed by atoms with van der Waals surface area (Å²) in [7, 11) is 0. The van der Waals surface area contributed by atoms with Crippen LogP contribution in [0.1, 0.15) is 38.7 Å². The molecule has 2 rings (SSSR count). The third kappa shape index (κ3) is 3.27. The SMILES string of the molecule is CCC(C)C(=O)C1CCCN1C(=O)Cc1ccccc1. The van der Waals surface area contributed by atoms with Gasteiger partial charge in [0.1, 0.15) is 0 Å². The first-order valence-corrected chi connectivity index (χ1v) is 7.50. The standard InChI is InChI=1S/C17H23NO2/c1-3-13(2)17(20)15-10-7-11-18(15)16(19)12-14-8-5-4-6-9-14/h4-6,8-9,13,15H,3,7,10-12H2,1-2H3. The van der Waals surface area contributed by atoms with Crippen molar-refractivity contribution < 1.29 is 9.59 Å². The summed E-state index contributed by atoms with van der Waals surface area (Å²) in [5, 5.41) is 0. The van der Waals surface area contributed by atoms with Gasteiger partial charge in [-0.1, -0.05) is 44.2 Å². The van der Waals surface area contributed by atoms with E-state index in [9.17, 15) is 9.59 Å². The van der Waals surface area contributed by atoms with Crippen LogP contribution in [-0.2, 0) is 16.0 Å². The number of nitrogens with zero attached hydrogens (tertiary/aromatic N) is 1. The summed E-state index contributed by atoms with van der Waals surface area (Å²) in [6.07, 6.45) is 3.00. The Morgan fingerprint density at radius 3 is 2.65 bits per heavy atom. The molecule has 20 heavy (non-hydrogen) atoms. The molecule has 1 amide bonds. The molecule has 0 bridgehead atoms. The van der Waals surface area contributed by atoms with Crippen LogP contribution in [0.5, 0.6) is 0 Å². The molecule has 0 radical (unpaired) electrons. The number of carbonyl (C=O) groups is 2. The minimum atomic E-state index is -0.193. The van der Waals surface area contributed by atoms with Crippen LogP contribution >= 0.6 is 0 Å². The number of rotatable bonds is 5. The van der Waals surface area contributed by atoms with Gasteiger partial charge in [-0.05, 0) is 24.8 Å². The number of Topliss-reactive ketones (excluding diaryl/α,β-unsaturated/α-hetero) is 1. The third-order valence-electron chi connectivity index (χ3n) is 4.20. The highest BCUT2D eigenvalue weighted by Gasteiger charge is 2.35. The molecule has 2 unspecified atom stereocenters. The average molecular weight is 273 g/mol. The van der Waals surface area contributed by atoms with E-state index < -0.39 is 0 Å². The Hall–Kier alpha value is -1.64. The van der Waals surface area contributed by atoms with Gasteiger partial charge in [-0.15, -0.1) is 0 Å². The molecule has 2 atom stereocenters. The van der Waals surface area contributed by atoms with Crippen molar-refractivity contribution in [3.8, 4) is 0 Å². The van der Waals surface area contributed by atoms with Crippen LogP contribution < -0.4 is 0 Å². The zero-order valence-corrected chi connectivity index (χ0v) is 12.3. The summed E-state index contributed by atoms with van der Waals surface area (Å²) in [6, 6.07) is 9.54. The maximum atomic E-state index is 12.4. The first-order valence-electron chi connectivity index (χ1n) is 7.50. The molecule has 0 saturated carbocycles. The van der Waals surface area contributed by atoms with Crippen LogP contribution in [0.25, 0.3) is 0 Å². The summed E-state index contributed by atoms with van der Waals surface area (Å²) in [5.41, 5.74) is 1.01. The molecule has 0 N–H and O–H groups in total. The largest absolute Gasteiger partial charge is 0.332 e. The number of likely N-dealkylation sites (tertiary alicyclic amines) is 1. The number of hydrogen-bond donors (Lipinski definition) is 0. The minimum Gasteiger partial charge on any atom is -0.332 e. The molecule has 1 aromatic carbocycles. The lowest BCUT2D eigenvalue weighted by atomic mass is 9.96. The van der Waals surface area contributed by atoms with E-state index in [0.29, 0.717) is 6.42 Å². The summed E-state index contributed by atoms with van der Waals surface area (Å²) in [5.74, 6) is 0.354. The zero-order chi connectivity index (χ0) is 14.5. The molecule has 1 aliphatic heterocycles. The molecule has 3 nitrogen and oxygen atoms in total. The molecule has 1 aromatic rings. The third-order valence-corrected chi connectivity index (χ3v) is 4.20. The molecule has 0 aliphatic carbocycles. The van der Waals surface area contributed by atoms with Crippen molar-refractivity contribution in [1.29, 1.82) is 0 Å². The van der Waals surface area contributed by atoms with Crippen LogP contribution in [0.3, 0.4) is 0 Å². The lowest BCUT2D eigenvalue weighted by Crippen LogP contribution is -2.43. The van der Waals surface area contributed by atoms with E-state index in [0.717, 1.165) is 31.4 Å². The molecule has 1 saturated heterocycles. The van der Waals surface area contributed by atoms with Gasteiger partial charge in [-0.3, -0.25) is 9.59 Å². The highest BCUT2D eigenvalue weighted by atomic mass is 16.2. The monoisotopic (exact) mass is 273 g/mol. The van der Waals surface area contributed by atoms with Gasteiger partial charge in [-0.2, -0.15) is 0 Å². The first-order chi connectivity index (χ1) is 9.63. The van der Waals surface area contributed by atoms with E-state index in [4.69, 9.17) is 0 Å². The number of hydrogen-bond acceptors (Lipinski definition) is 2. The van der Waals surface area contributed by atoms with Gasteiger partial charge in [0.05, 0.1) is 12.5 Å². The van der Waals surface area contributed by atoms with Crippen LogP contribution in [0.4, 0.5) is 0 Å². The normalized spacial score (nSPS) is 19.9. The maximum Gasteiger partial charge on any atom is 0.227 e. The van der Waals surface area contributed by atoms with E-state index in [1.807, 2.05) is 44.2 Å². The zero-order valence-electron chi connectivity index (χ0n) is 12.3. The number of carbonyl (C=O) groups excluding carboxylic acids is 2. The van der Waals surface area contributed by atoms with Crippen LogP contribution in [-0.4, -0.2) is 29.2 Å². The highest BCUT2D eigenvalue weighted by molar-refractivity contribution is 5.91. The summed E-state index contributed by atoms with van der Waals surface area (Å²) < 4.78 is 0. The quantitative estimate of drug-likeness (QED) is 0.827. The van der Waals surface area contributed by atoms with E-state index in [1.165, 1.54) is 0 Å². The molecule has 1 aliphatic rings. The van der Waals surface area contributed by atoms with Crippen molar-refractivity contribution in [1.82, 2.24) is 4.90 Å². The van der Waals surface area contributed by atoms with E-state index in [-0.39, 0.29) is 23.7 Å². The lowest BCUT2D eigenvalue weighted by Gasteiger charge is -2.25. The Kier molecular flexibility index (Phi) is 4.94. The van der Waals surface area contributed by atoms with Crippen molar-refractivity contribution in [3.63, 3.8) is 0 Å². The molecule has 108 valence electrons. The second-order valence-electron chi connectivity index (χ2n) is 5.62. The second-order valence-corrected chi connectivity index (χ2v) is 5.62. The van der Waals surface area contributed by atoms with Crippen molar-refractivity contribution in [2.24, 2.45) is 5.92 Å². The first kappa shape index (κ1) is 14.8. The van der Waals surface area contributed by atoms with E-state index in [2.05, 4.69) is 0 Å². The highest BCUT2D eigenvalue weighted by Crippen LogP contribution is 2.23. The van der Waals surface area contributed by atoms with Crippen LogP contribution in [0.2, 0.25) is 0 Å². The van der Waals surface area contributed by atoms with Gasteiger partial charge in [0.15, 0.2) is 5.78 Å². The molecule has 1 heterocycles. The average Bonchev–Trinajstić information content (AvgIpc) is 2.96. The Morgan fingerprint density at radius 1 is 1.30 bits per heavy atom. The molecule has 0 aromatic heterocycles. The van der Waals surface area contributed by atoms with Gasteiger partial charge in [-0.25, -0.2) is 0 Å². The topological polar surface area (TPSA) is 37.4 Å². The van der Waals surface area contributed by atoms with Gasteiger partial charge >= 0.3 is 0 Å². The van der Waals surface area contributed by atoms with E-state index in [1.54, 1.807) is 4.90 Å².